The summed E-state index contributed by atoms with van der Waals surface area (Å²) in [7, 11) is -1.54. The van der Waals surface area contributed by atoms with Crippen LogP contribution in [0.1, 0.15) is 37.8 Å². The van der Waals surface area contributed by atoms with Crippen LogP contribution in [0.25, 0.3) is 33.9 Å². The van der Waals surface area contributed by atoms with Crippen LogP contribution in [0.4, 0.5) is 22.7 Å². The first-order valence-corrected chi connectivity index (χ1v) is 23.0. The minimum atomic E-state index is -1.54. The normalized spacial score (nSPS) is 10.7. The number of nitrogens with one attached hydrogen (secondary N) is 2. The number of nitrogens with zero attached hydrogens (tertiary/aromatic N) is 8. The summed E-state index contributed by atoms with van der Waals surface area (Å²) >= 11 is 28.1. The van der Waals surface area contributed by atoms with E-state index in [0.717, 1.165) is 75.3 Å². The molecular weight excluding hydrogens is 985 g/mol. The number of aromatic nitrogens is 8. The number of nitrogens with two attached hydrogens (primary N) is 2. The van der Waals surface area contributed by atoms with Crippen molar-refractivity contribution in [1.82, 2.24) is 41.2 Å². The molecule has 0 saturated heterocycles. The fourth-order valence-corrected chi connectivity index (χ4v) is 8.37. The smallest absolute Gasteiger partial charge is 0.423 e. The third kappa shape index (κ3) is 13.2. The molecule has 8 N–H and O–H groups in total. The number of rotatable bonds is 14. The van der Waals surface area contributed by atoms with Crippen molar-refractivity contribution in [3.63, 3.8) is 0 Å². The largest absolute Gasteiger partial charge is 0.489 e. The maximum atomic E-state index is 9.07. The number of halogens is 5. The number of benzene rings is 6. The number of hydrogen-bond acceptors (Lipinski definition) is 12. The van der Waals surface area contributed by atoms with E-state index in [1.54, 1.807) is 36.4 Å². The molecule has 0 spiro atoms. The summed E-state index contributed by atoms with van der Waals surface area (Å²) in [6, 6.07) is 37.9. The highest BCUT2D eigenvalue weighted by molar-refractivity contribution is 9.10. The molecule has 0 atom stereocenters. The van der Waals surface area contributed by atoms with Crippen LogP contribution >= 0.6 is 62.3 Å². The van der Waals surface area contributed by atoms with Crippen molar-refractivity contribution in [2.75, 3.05) is 34.4 Å². The second kappa shape index (κ2) is 24.2. The van der Waals surface area contributed by atoms with Gasteiger partial charge in [0.25, 0.3) is 0 Å². The van der Waals surface area contributed by atoms with E-state index in [1.165, 1.54) is 0 Å². The summed E-state index contributed by atoms with van der Waals surface area (Å²) in [5, 5.41) is 48.4. The van der Waals surface area contributed by atoms with Crippen LogP contribution in [-0.4, -0.2) is 71.5 Å². The first-order chi connectivity index (χ1) is 31.9. The maximum Gasteiger partial charge on any atom is 0.489 e. The molecule has 2 heterocycles. The van der Waals surface area contributed by atoms with Crippen molar-refractivity contribution < 1.29 is 10.0 Å². The van der Waals surface area contributed by atoms with E-state index in [0.29, 0.717) is 61.5 Å². The van der Waals surface area contributed by atoms with Gasteiger partial charge in [0.1, 0.15) is 0 Å². The van der Waals surface area contributed by atoms with Crippen LogP contribution in [0.15, 0.2) is 126 Å². The monoisotopic (exact) mass is 1030 g/mol. The Labute approximate surface area is 411 Å². The maximum absolute atomic E-state index is 9.07. The molecule has 0 aliphatic carbocycles. The second-order valence-electron chi connectivity index (χ2n) is 14.8. The van der Waals surface area contributed by atoms with Crippen LogP contribution in [-0.2, 0) is 13.1 Å². The molecule has 8 rings (SSSR count). The van der Waals surface area contributed by atoms with Crippen molar-refractivity contribution in [2.45, 2.75) is 39.8 Å². The summed E-state index contributed by atoms with van der Waals surface area (Å²) in [4.78, 5) is 4.47. The van der Waals surface area contributed by atoms with E-state index in [4.69, 9.17) is 67.9 Å². The van der Waals surface area contributed by atoms with E-state index < -0.39 is 7.12 Å². The third-order valence-corrected chi connectivity index (χ3v) is 11.8. The summed E-state index contributed by atoms with van der Waals surface area (Å²) < 4.78 is 0.977. The van der Waals surface area contributed by atoms with Gasteiger partial charge in [-0.05, 0) is 106 Å². The zero-order valence-electron chi connectivity index (χ0n) is 35.9. The Morgan fingerprint density at radius 2 is 1.08 bits per heavy atom. The molecule has 0 bridgehead atoms. The number of hydrogen-bond donors (Lipinski definition) is 6. The highest BCUT2D eigenvalue weighted by Gasteiger charge is 2.19. The van der Waals surface area contributed by atoms with Crippen LogP contribution in [0, 0.1) is 0 Å². The van der Waals surface area contributed by atoms with Gasteiger partial charge in [0.15, 0.2) is 0 Å². The minimum absolute atomic E-state index is 0.341. The van der Waals surface area contributed by atoms with Crippen LogP contribution in [0.2, 0.25) is 20.1 Å². The van der Waals surface area contributed by atoms with Gasteiger partial charge in [0.2, 0.25) is 11.6 Å². The average molecular weight is 1030 g/mol. The molecule has 8 aromatic rings. The molecule has 66 heavy (non-hydrogen) atoms. The number of anilines is 4. The van der Waals surface area contributed by atoms with E-state index in [1.807, 2.05) is 72.8 Å². The van der Waals surface area contributed by atoms with Gasteiger partial charge in [-0.3, -0.25) is 0 Å². The van der Waals surface area contributed by atoms with Gasteiger partial charge in [-0.1, -0.05) is 143 Å². The summed E-state index contributed by atoms with van der Waals surface area (Å²) in [6.07, 6.45) is 2.01. The Morgan fingerprint density at radius 3 is 1.55 bits per heavy atom. The standard InChI is InChI=1S/C23H22Cl2N6.C16H17BrCl2N2.C7H7BN4O2/c1-2-11-31(14-16-7-9-17(24)13-20(16)25)22-10-8-15(12-21(22)26)18-5-3-4-6-19(18)23-27-29-30-28-23;1-2-7-21(16-6-4-12(17)8-15(16)20)10-11-3-5-13(18)9-14(11)19;13-8(14)6-4-2-1-3-5(6)7-9-11-12-10-7/h3-10,12-13H,2,11,14,26H2,1H3,(H,27,28,29,30);3-6,8-9H,2,7,10,20H2,1H3;1-4,13-14H,(H,9,10,11,12). The Kier molecular flexibility index (Phi) is 18.2. The topological polar surface area (TPSA) is 208 Å². The number of aromatic amines is 2. The van der Waals surface area contributed by atoms with Crippen molar-refractivity contribution in [2.24, 2.45) is 0 Å². The van der Waals surface area contributed by atoms with Crippen LogP contribution in [0.3, 0.4) is 0 Å². The number of nitrogen functional groups attached to an aromatic ring is 2. The zero-order chi connectivity index (χ0) is 47.2. The fraction of sp³-hybridized carbons (Fsp3) is 0.174. The Morgan fingerprint density at radius 1 is 0.591 bits per heavy atom. The van der Waals surface area contributed by atoms with Crippen molar-refractivity contribution in [1.29, 1.82) is 0 Å². The molecule has 20 heteroatoms. The van der Waals surface area contributed by atoms with E-state index in [-0.39, 0.29) is 0 Å². The van der Waals surface area contributed by atoms with Gasteiger partial charge < -0.3 is 31.3 Å². The molecule has 0 fully saturated rings. The first-order valence-electron chi connectivity index (χ1n) is 20.7. The van der Waals surface area contributed by atoms with E-state index in [9.17, 15) is 0 Å². The molecule has 0 amide bonds. The van der Waals surface area contributed by atoms with Gasteiger partial charge in [-0.25, -0.2) is 0 Å². The lowest BCUT2D eigenvalue weighted by Crippen LogP contribution is -2.31. The predicted molar refractivity (Wildman–Crippen MR) is 273 cm³/mol. The lowest BCUT2D eigenvalue weighted by atomic mass is 9.77. The first kappa shape index (κ1) is 49.7. The van der Waals surface area contributed by atoms with Gasteiger partial charge in [-0.2, -0.15) is 10.4 Å². The zero-order valence-corrected chi connectivity index (χ0v) is 40.5. The highest BCUT2D eigenvalue weighted by Crippen LogP contribution is 2.36. The van der Waals surface area contributed by atoms with Crippen LogP contribution in [0.5, 0.6) is 0 Å². The molecule has 0 aliphatic heterocycles. The molecule has 340 valence electrons. The lowest BCUT2D eigenvalue weighted by molar-refractivity contribution is 0.426. The summed E-state index contributed by atoms with van der Waals surface area (Å²) in [6.45, 7) is 7.39. The Hall–Kier alpha value is -5.72. The van der Waals surface area contributed by atoms with E-state index >= 15 is 0 Å². The van der Waals surface area contributed by atoms with Crippen molar-refractivity contribution >= 4 is 97.7 Å². The Bertz CT molecular complexity index is 2810. The summed E-state index contributed by atoms with van der Waals surface area (Å²) in [5.74, 6) is 0.886. The molecule has 2 aromatic heterocycles. The van der Waals surface area contributed by atoms with Crippen LogP contribution < -0.4 is 26.7 Å². The van der Waals surface area contributed by atoms with Gasteiger partial charge in [0, 0.05) is 61.9 Å². The second-order valence-corrected chi connectivity index (χ2v) is 17.4. The number of H-pyrrole nitrogens is 2. The SMILES string of the molecule is CCCN(Cc1ccc(Cl)cc1Cl)c1ccc(-c2ccccc2-c2nn[nH]n2)cc1N.CCCN(Cc1ccc(Cl)cc1Cl)c1ccc(Br)cc1N.OB(O)c1ccccc1-c1nn[nH]n1. The quantitative estimate of drug-likeness (QED) is 0.0444. The molecule has 0 unspecified atom stereocenters. The predicted octanol–water partition coefficient (Wildman–Crippen LogP) is 10.1. The number of tetrazole rings is 2. The van der Waals surface area contributed by atoms with E-state index in [2.05, 4.69) is 93.0 Å². The fourth-order valence-electron chi connectivity index (χ4n) is 7.05. The third-order valence-electron chi connectivity index (χ3n) is 10.1. The lowest BCUT2D eigenvalue weighted by Gasteiger charge is -2.27. The van der Waals surface area contributed by atoms with Crippen molar-refractivity contribution in [3.05, 3.63) is 157 Å². The molecule has 6 aromatic carbocycles. The molecule has 0 aliphatic rings. The average Bonchev–Trinajstić information content (AvgIpc) is 4.05. The Balaban J connectivity index is 0.000000177. The molecule has 0 saturated carbocycles. The minimum Gasteiger partial charge on any atom is -0.423 e. The molecule has 0 radical (unpaired) electrons. The van der Waals surface area contributed by atoms with Crippen molar-refractivity contribution in [3.8, 4) is 33.9 Å². The molecule has 14 nitrogen and oxygen atoms in total. The highest BCUT2D eigenvalue weighted by atomic mass is 79.9. The van der Waals surface area contributed by atoms with Gasteiger partial charge in [-0.15, -0.1) is 20.4 Å². The van der Waals surface area contributed by atoms with Gasteiger partial charge in [0.05, 0.1) is 22.7 Å². The van der Waals surface area contributed by atoms with Gasteiger partial charge >= 0.3 is 7.12 Å². The molecular formula is C46H46BBrCl4N12O2. The summed E-state index contributed by atoms with van der Waals surface area (Å²) in [5.41, 5.74) is 21.9.